The SMILES string of the molecule is CC(=O)NC(C)(c1ccccc1)c1nc(-c2ccc(N(C)C)cc2)cs1. The monoisotopic (exact) mass is 365 g/mol. The quantitative estimate of drug-likeness (QED) is 0.734. The van der Waals surface area contributed by atoms with Crippen LogP contribution in [0.3, 0.4) is 0 Å². The van der Waals surface area contributed by atoms with Gasteiger partial charge in [-0.05, 0) is 24.6 Å². The number of amides is 1. The van der Waals surface area contributed by atoms with Crippen LogP contribution in [-0.4, -0.2) is 25.0 Å². The maximum atomic E-state index is 11.8. The molecule has 0 saturated carbocycles. The molecule has 1 N–H and O–H groups in total. The molecule has 0 saturated heterocycles. The average molecular weight is 366 g/mol. The molecule has 3 rings (SSSR count). The summed E-state index contributed by atoms with van der Waals surface area (Å²) in [6, 6.07) is 18.3. The van der Waals surface area contributed by atoms with Gasteiger partial charge in [-0.3, -0.25) is 4.79 Å². The Kier molecular flexibility index (Phi) is 5.09. The summed E-state index contributed by atoms with van der Waals surface area (Å²) in [7, 11) is 4.04. The predicted molar refractivity (Wildman–Crippen MR) is 109 cm³/mol. The van der Waals surface area contributed by atoms with Crippen molar-refractivity contribution in [3.63, 3.8) is 0 Å². The zero-order chi connectivity index (χ0) is 18.7. The summed E-state index contributed by atoms with van der Waals surface area (Å²) < 4.78 is 0. The van der Waals surface area contributed by atoms with E-state index in [-0.39, 0.29) is 5.91 Å². The van der Waals surface area contributed by atoms with Crippen molar-refractivity contribution in [2.45, 2.75) is 19.4 Å². The molecule has 1 heterocycles. The third-order valence-corrected chi connectivity index (χ3v) is 5.45. The van der Waals surface area contributed by atoms with Gasteiger partial charge in [0.1, 0.15) is 10.5 Å². The van der Waals surface area contributed by atoms with Crippen LogP contribution in [0.2, 0.25) is 0 Å². The number of benzene rings is 2. The van der Waals surface area contributed by atoms with Gasteiger partial charge in [-0.25, -0.2) is 4.98 Å². The highest BCUT2D eigenvalue weighted by Gasteiger charge is 2.33. The van der Waals surface area contributed by atoms with Crippen molar-refractivity contribution in [3.8, 4) is 11.3 Å². The normalized spacial score (nSPS) is 13.1. The standard InChI is InChI=1S/C21H23N3OS/c1-15(25)23-21(2,17-8-6-5-7-9-17)20-22-19(14-26-20)16-10-12-18(13-11-16)24(3)4/h5-14H,1-4H3,(H,23,25). The molecule has 0 radical (unpaired) electrons. The van der Waals surface area contributed by atoms with Crippen LogP contribution >= 0.6 is 11.3 Å². The maximum Gasteiger partial charge on any atom is 0.217 e. The maximum absolute atomic E-state index is 11.8. The van der Waals surface area contributed by atoms with Gasteiger partial charge in [-0.2, -0.15) is 0 Å². The highest BCUT2D eigenvalue weighted by Crippen LogP contribution is 2.34. The Morgan fingerprint density at radius 2 is 1.73 bits per heavy atom. The van der Waals surface area contributed by atoms with E-state index >= 15 is 0 Å². The topological polar surface area (TPSA) is 45.2 Å². The lowest BCUT2D eigenvalue weighted by molar-refractivity contribution is -0.120. The van der Waals surface area contributed by atoms with Crippen molar-refractivity contribution >= 4 is 22.9 Å². The molecule has 0 fully saturated rings. The van der Waals surface area contributed by atoms with Crippen LogP contribution in [0.5, 0.6) is 0 Å². The van der Waals surface area contributed by atoms with Crippen LogP contribution < -0.4 is 10.2 Å². The van der Waals surface area contributed by atoms with Gasteiger partial charge < -0.3 is 10.2 Å². The highest BCUT2D eigenvalue weighted by atomic mass is 32.1. The number of hydrogen-bond acceptors (Lipinski definition) is 4. The van der Waals surface area contributed by atoms with Gasteiger partial charge in [0.2, 0.25) is 5.91 Å². The minimum atomic E-state index is -0.653. The van der Waals surface area contributed by atoms with E-state index in [4.69, 9.17) is 4.98 Å². The number of thiazole rings is 1. The van der Waals surface area contributed by atoms with E-state index in [0.29, 0.717) is 0 Å². The highest BCUT2D eigenvalue weighted by molar-refractivity contribution is 7.10. The lowest BCUT2D eigenvalue weighted by Crippen LogP contribution is -2.43. The van der Waals surface area contributed by atoms with E-state index in [2.05, 4.69) is 34.5 Å². The number of nitrogens with zero attached hydrogens (tertiary/aromatic N) is 2. The first-order valence-corrected chi connectivity index (χ1v) is 9.36. The Balaban J connectivity index is 1.98. The predicted octanol–water partition coefficient (Wildman–Crippen LogP) is 4.28. The fraction of sp³-hybridized carbons (Fsp3) is 0.238. The lowest BCUT2D eigenvalue weighted by atomic mass is 9.92. The van der Waals surface area contributed by atoms with Gasteiger partial charge in [-0.1, -0.05) is 42.5 Å². The van der Waals surface area contributed by atoms with Gasteiger partial charge in [0, 0.05) is 37.6 Å². The van der Waals surface area contributed by atoms with Crippen LogP contribution in [0.4, 0.5) is 5.69 Å². The van der Waals surface area contributed by atoms with Gasteiger partial charge in [0.05, 0.1) is 5.69 Å². The van der Waals surface area contributed by atoms with Crippen molar-refractivity contribution in [1.29, 1.82) is 0 Å². The molecule has 1 atom stereocenters. The second-order valence-electron chi connectivity index (χ2n) is 6.65. The van der Waals surface area contributed by atoms with Crippen molar-refractivity contribution in [3.05, 3.63) is 70.5 Å². The van der Waals surface area contributed by atoms with Crippen LogP contribution in [-0.2, 0) is 10.3 Å². The van der Waals surface area contributed by atoms with Crippen molar-refractivity contribution in [2.75, 3.05) is 19.0 Å². The first-order valence-electron chi connectivity index (χ1n) is 8.48. The molecule has 0 spiro atoms. The molecule has 0 aliphatic heterocycles. The molecular formula is C21H23N3OS. The third-order valence-electron chi connectivity index (χ3n) is 4.39. The largest absolute Gasteiger partial charge is 0.378 e. The van der Waals surface area contributed by atoms with Crippen LogP contribution in [0.1, 0.15) is 24.4 Å². The van der Waals surface area contributed by atoms with Crippen molar-refractivity contribution in [2.24, 2.45) is 0 Å². The number of anilines is 1. The zero-order valence-electron chi connectivity index (χ0n) is 15.5. The molecule has 2 aromatic carbocycles. The number of rotatable bonds is 5. The van der Waals surface area contributed by atoms with Gasteiger partial charge >= 0.3 is 0 Å². The first-order chi connectivity index (χ1) is 12.4. The number of hydrogen-bond donors (Lipinski definition) is 1. The molecule has 0 aliphatic carbocycles. The molecule has 134 valence electrons. The molecule has 5 heteroatoms. The Hall–Kier alpha value is -2.66. The van der Waals surface area contributed by atoms with E-state index in [9.17, 15) is 4.79 Å². The Bertz CT molecular complexity index is 887. The Labute approximate surface area is 158 Å². The summed E-state index contributed by atoms with van der Waals surface area (Å²) in [5, 5.41) is 5.99. The molecule has 1 aromatic heterocycles. The number of nitrogens with one attached hydrogen (secondary N) is 1. The van der Waals surface area contributed by atoms with E-state index < -0.39 is 5.54 Å². The zero-order valence-corrected chi connectivity index (χ0v) is 16.3. The average Bonchev–Trinajstić information content (AvgIpc) is 3.13. The second kappa shape index (κ2) is 7.30. The van der Waals surface area contributed by atoms with E-state index in [1.807, 2.05) is 56.7 Å². The van der Waals surface area contributed by atoms with E-state index in [1.54, 1.807) is 11.3 Å². The molecule has 1 unspecified atom stereocenters. The number of carbonyl (C=O) groups is 1. The summed E-state index contributed by atoms with van der Waals surface area (Å²) in [5.74, 6) is -0.0801. The summed E-state index contributed by atoms with van der Waals surface area (Å²) >= 11 is 1.56. The summed E-state index contributed by atoms with van der Waals surface area (Å²) in [6.45, 7) is 3.54. The Morgan fingerprint density at radius 3 is 2.31 bits per heavy atom. The summed E-state index contributed by atoms with van der Waals surface area (Å²) in [4.78, 5) is 18.8. The van der Waals surface area contributed by atoms with Gasteiger partial charge in [-0.15, -0.1) is 11.3 Å². The lowest BCUT2D eigenvalue weighted by Gasteiger charge is -2.29. The number of carbonyl (C=O) groups excluding carboxylic acids is 1. The van der Waals surface area contributed by atoms with Crippen LogP contribution in [0.25, 0.3) is 11.3 Å². The smallest absolute Gasteiger partial charge is 0.217 e. The van der Waals surface area contributed by atoms with Crippen molar-refractivity contribution < 1.29 is 4.79 Å². The van der Waals surface area contributed by atoms with Crippen LogP contribution in [0, 0.1) is 0 Å². The van der Waals surface area contributed by atoms with Crippen molar-refractivity contribution in [1.82, 2.24) is 10.3 Å². The van der Waals surface area contributed by atoms with Gasteiger partial charge in [0.25, 0.3) is 0 Å². The van der Waals surface area contributed by atoms with E-state index in [0.717, 1.165) is 27.5 Å². The molecule has 0 bridgehead atoms. The summed E-state index contributed by atoms with van der Waals surface area (Å²) in [5.41, 5.74) is 3.49. The summed E-state index contributed by atoms with van der Waals surface area (Å²) in [6.07, 6.45) is 0. The van der Waals surface area contributed by atoms with E-state index in [1.165, 1.54) is 6.92 Å². The minimum Gasteiger partial charge on any atom is -0.378 e. The number of aromatic nitrogens is 1. The molecule has 26 heavy (non-hydrogen) atoms. The minimum absolute atomic E-state index is 0.0801. The fourth-order valence-corrected chi connectivity index (χ4v) is 3.91. The molecule has 1 amide bonds. The van der Waals surface area contributed by atoms with Crippen LogP contribution in [0.15, 0.2) is 60.0 Å². The third kappa shape index (κ3) is 3.63. The second-order valence-corrected chi connectivity index (χ2v) is 7.51. The Morgan fingerprint density at radius 1 is 1.08 bits per heavy atom. The van der Waals surface area contributed by atoms with Gasteiger partial charge in [0.15, 0.2) is 0 Å². The molecule has 4 nitrogen and oxygen atoms in total. The fourth-order valence-electron chi connectivity index (χ4n) is 2.94. The molecule has 0 aliphatic rings. The first kappa shape index (κ1) is 18.1. The molecule has 3 aromatic rings. The molecular weight excluding hydrogens is 342 g/mol.